The number of pyridine rings is 1. The van der Waals surface area contributed by atoms with Gasteiger partial charge < -0.3 is 5.11 Å². The third kappa shape index (κ3) is 2.64. The van der Waals surface area contributed by atoms with Crippen LogP contribution >= 0.6 is 0 Å². The molecule has 1 heterocycles. The van der Waals surface area contributed by atoms with Gasteiger partial charge in [-0.15, -0.1) is 0 Å². The summed E-state index contributed by atoms with van der Waals surface area (Å²) < 4.78 is 0. The van der Waals surface area contributed by atoms with Crippen LogP contribution in [0.15, 0.2) is 48.8 Å². The summed E-state index contributed by atoms with van der Waals surface area (Å²) in [5.41, 5.74) is 3.39. The molecular formula is C13H13NO. The predicted molar refractivity (Wildman–Crippen MR) is 59.4 cm³/mol. The van der Waals surface area contributed by atoms with Crippen molar-refractivity contribution in [2.75, 3.05) is 0 Å². The van der Waals surface area contributed by atoms with Gasteiger partial charge in [0.25, 0.3) is 0 Å². The summed E-state index contributed by atoms with van der Waals surface area (Å²) in [6.45, 7) is 0.104. The Morgan fingerprint density at radius 1 is 0.933 bits per heavy atom. The van der Waals surface area contributed by atoms with Gasteiger partial charge >= 0.3 is 0 Å². The van der Waals surface area contributed by atoms with E-state index in [1.165, 1.54) is 11.1 Å². The lowest BCUT2D eigenvalue weighted by Gasteiger charge is -2.02. The lowest BCUT2D eigenvalue weighted by molar-refractivity contribution is 0.282. The van der Waals surface area contributed by atoms with E-state index in [9.17, 15) is 0 Å². The summed E-state index contributed by atoms with van der Waals surface area (Å²) in [5, 5.41) is 8.91. The molecule has 1 N–H and O–H groups in total. The highest BCUT2D eigenvalue weighted by atomic mass is 16.3. The molecule has 0 unspecified atom stereocenters. The van der Waals surface area contributed by atoms with Crippen LogP contribution in [-0.4, -0.2) is 10.1 Å². The van der Waals surface area contributed by atoms with Crippen LogP contribution < -0.4 is 0 Å². The highest BCUT2D eigenvalue weighted by Crippen LogP contribution is 2.09. The van der Waals surface area contributed by atoms with Crippen LogP contribution in [-0.2, 0) is 13.0 Å². The van der Waals surface area contributed by atoms with Crippen LogP contribution in [0.4, 0.5) is 0 Å². The molecule has 0 amide bonds. The third-order valence-corrected chi connectivity index (χ3v) is 2.34. The first-order valence-electron chi connectivity index (χ1n) is 4.96. The van der Waals surface area contributed by atoms with E-state index >= 15 is 0 Å². The average molecular weight is 199 g/mol. The molecule has 2 rings (SSSR count). The van der Waals surface area contributed by atoms with Gasteiger partial charge in [-0.25, -0.2) is 0 Å². The normalized spacial score (nSPS) is 10.2. The van der Waals surface area contributed by atoms with E-state index in [1.807, 2.05) is 36.5 Å². The number of hydrogen-bond acceptors (Lipinski definition) is 2. The van der Waals surface area contributed by atoms with E-state index < -0.39 is 0 Å². The molecule has 0 saturated heterocycles. The second-order valence-corrected chi connectivity index (χ2v) is 3.51. The van der Waals surface area contributed by atoms with Crippen LogP contribution in [0, 0.1) is 0 Å². The fraction of sp³-hybridized carbons (Fsp3) is 0.154. The van der Waals surface area contributed by atoms with Gasteiger partial charge in [-0.05, 0) is 29.2 Å². The zero-order chi connectivity index (χ0) is 10.5. The van der Waals surface area contributed by atoms with Gasteiger partial charge in [-0.1, -0.05) is 30.3 Å². The van der Waals surface area contributed by atoms with Gasteiger partial charge in [0.2, 0.25) is 0 Å². The monoisotopic (exact) mass is 199 g/mol. The molecule has 2 aromatic rings. The summed E-state index contributed by atoms with van der Waals surface area (Å²) in [7, 11) is 0. The molecule has 0 aliphatic rings. The number of aliphatic hydroxyl groups excluding tert-OH is 1. The Morgan fingerprint density at radius 2 is 1.67 bits per heavy atom. The van der Waals surface area contributed by atoms with Crippen molar-refractivity contribution in [2.24, 2.45) is 0 Å². The van der Waals surface area contributed by atoms with Crippen molar-refractivity contribution >= 4 is 0 Å². The fourth-order valence-corrected chi connectivity index (χ4v) is 1.50. The van der Waals surface area contributed by atoms with Crippen LogP contribution in [0.2, 0.25) is 0 Å². The van der Waals surface area contributed by atoms with Gasteiger partial charge in [-0.3, -0.25) is 4.98 Å². The van der Waals surface area contributed by atoms with Crippen molar-refractivity contribution in [2.45, 2.75) is 13.0 Å². The van der Waals surface area contributed by atoms with Crippen molar-refractivity contribution in [3.63, 3.8) is 0 Å². The molecular weight excluding hydrogens is 186 g/mol. The Bertz CT molecular complexity index is 408. The van der Waals surface area contributed by atoms with Crippen LogP contribution in [0.1, 0.15) is 16.7 Å². The summed E-state index contributed by atoms with van der Waals surface area (Å²) in [6.07, 6.45) is 4.54. The zero-order valence-corrected chi connectivity index (χ0v) is 8.43. The first-order chi connectivity index (χ1) is 7.38. The van der Waals surface area contributed by atoms with Crippen LogP contribution in [0.25, 0.3) is 0 Å². The molecule has 0 bridgehead atoms. The molecule has 0 spiro atoms. The van der Waals surface area contributed by atoms with E-state index in [0.29, 0.717) is 0 Å². The first-order valence-corrected chi connectivity index (χ1v) is 4.96. The van der Waals surface area contributed by atoms with Gasteiger partial charge in [0.05, 0.1) is 6.61 Å². The SMILES string of the molecule is OCc1ccc(Cc2cccnc2)cc1. The molecule has 0 atom stereocenters. The number of benzene rings is 1. The summed E-state index contributed by atoms with van der Waals surface area (Å²) in [5.74, 6) is 0. The number of aliphatic hydroxyl groups is 1. The minimum atomic E-state index is 0.104. The minimum Gasteiger partial charge on any atom is -0.392 e. The van der Waals surface area contributed by atoms with Crippen molar-refractivity contribution in [3.05, 3.63) is 65.5 Å². The van der Waals surface area contributed by atoms with Gasteiger partial charge in [0.15, 0.2) is 0 Å². The fourth-order valence-electron chi connectivity index (χ4n) is 1.50. The van der Waals surface area contributed by atoms with Gasteiger partial charge in [0, 0.05) is 12.4 Å². The third-order valence-electron chi connectivity index (χ3n) is 2.34. The van der Waals surface area contributed by atoms with Crippen molar-refractivity contribution in [3.8, 4) is 0 Å². The smallest absolute Gasteiger partial charge is 0.0681 e. The predicted octanol–water partition coefficient (Wildman–Crippen LogP) is 2.16. The van der Waals surface area contributed by atoms with Gasteiger partial charge in [0.1, 0.15) is 0 Å². The number of nitrogens with zero attached hydrogens (tertiary/aromatic N) is 1. The molecule has 2 nitrogen and oxygen atoms in total. The molecule has 0 saturated carbocycles. The molecule has 0 aliphatic carbocycles. The lowest BCUT2D eigenvalue weighted by atomic mass is 10.1. The number of rotatable bonds is 3. The van der Waals surface area contributed by atoms with Crippen molar-refractivity contribution < 1.29 is 5.11 Å². The van der Waals surface area contributed by atoms with Crippen molar-refractivity contribution in [1.82, 2.24) is 4.98 Å². The maximum atomic E-state index is 8.91. The average Bonchev–Trinajstić information content (AvgIpc) is 2.31. The Kier molecular flexibility index (Phi) is 3.10. The van der Waals surface area contributed by atoms with E-state index in [-0.39, 0.29) is 6.61 Å². The largest absolute Gasteiger partial charge is 0.392 e. The minimum absolute atomic E-state index is 0.104. The maximum absolute atomic E-state index is 8.91. The Balaban J connectivity index is 2.11. The number of aromatic nitrogens is 1. The molecule has 76 valence electrons. The highest BCUT2D eigenvalue weighted by Gasteiger charge is 1.96. The molecule has 0 fully saturated rings. The summed E-state index contributed by atoms with van der Waals surface area (Å²) in [4.78, 5) is 4.07. The molecule has 0 aliphatic heterocycles. The quantitative estimate of drug-likeness (QED) is 0.821. The second kappa shape index (κ2) is 4.71. The first kappa shape index (κ1) is 9.87. The summed E-state index contributed by atoms with van der Waals surface area (Å²) >= 11 is 0. The topological polar surface area (TPSA) is 33.1 Å². The van der Waals surface area contributed by atoms with E-state index in [1.54, 1.807) is 6.20 Å². The highest BCUT2D eigenvalue weighted by molar-refractivity contribution is 5.27. The maximum Gasteiger partial charge on any atom is 0.0681 e. The Labute approximate surface area is 89.2 Å². The molecule has 1 aromatic carbocycles. The Morgan fingerprint density at radius 3 is 2.27 bits per heavy atom. The standard InChI is InChI=1S/C13H13NO/c15-10-12-5-3-11(4-6-12)8-13-2-1-7-14-9-13/h1-7,9,15H,8,10H2. The van der Waals surface area contributed by atoms with E-state index in [0.717, 1.165) is 12.0 Å². The molecule has 2 heteroatoms. The van der Waals surface area contributed by atoms with Crippen molar-refractivity contribution in [1.29, 1.82) is 0 Å². The van der Waals surface area contributed by atoms with E-state index in [2.05, 4.69) is 11.1 Å². The lowest BCUT2D eigenvalue weighted by Crippen LogP contribution is -1.90. The Hall–Kier alpha value is -1.67. The van der Waals surface area contributed by atoms with Crippen LogP contribution in [0.5, 0.6) is 0 Å². The molecule has 15 heavy (non-hydrogen) atoms. The second-order valence-electron chi connectivity index (χ2n) is 3.51. The van der Waals surface area contributed by atoms with Crippen LogP contribution in [0.3, 0.4) is 0 Å². The number of hydrogen-bond donors (Lipinski definition) is 1. The summed E-state index contributed by atoms with van der Waals surface area (Å²) in [6, 6.07) is 12.0. The molecule has 0 radical (unpaired) electrons. The zero-order valence-electron chi connectivity index (χ0n) is 8.43. The van der Waals surface area contributed by atoms with E-state index in [4.69, 9.17) is 5.11 Å². The van der Waals surface area contributed by atoms with Gasteiger partial charge in [-0.2, -0.15) is 0 Å². The molecule has 1 aromatic heterocycles.